The lowest BCUT2D eigenvalue weighted by atomic mass is 10.1. The summed E-state index contributed by atoms with van der Waals surface area (Å²) in [6.07, 6.45) is 35.2. The van der Waals surface area contributed by atoms with Gasteiger partial charge in [0.2, 0.25) is 0 Å². The van der Waals surface area contributed by atoms with Gasteiger partial charge in [-0.15, -0.1) is 0 Å². The molecule has 0 fully saturated rings. The smallest absolute Gasteiger partial charge is 0.457 e. The van der Waals surface area contributed by atoms with Gasteiger partial charge in [0.25, 0.3) is 0 Å². The highest BCUT2D eigenvalue weighted by Crippen LogP contribution is 2.43. The Morgan fingerprint density at radius 2 is 0.959 bits per heavy atom. The molecule has 3 atom stereocenters. The third-order valence-electron chi connectivity index (χ3n) is 7.28. The van der Waals surface area contributed by atoms with E-state index >= 15 is 0 Å². The molecule has 0 aliphatic heterocycles. The van der Waals surface area contributed by atoms with E-state index in [1.807, 2.05) is 18.2 Å². The molecule has 0 aromatic heterocycles. The van der Waals surface area contributed by atoms with Crippen molar-refractivity contribution in [2.24, 2.45) is 0 Å². The van der Waals surface area contributed by atoms with Crippen LogP contribution >= 0.6 is 7.82 Å². The summed E-state index contributed by atoms with van der Waals surface area (Å²) in [5.74, 6) is -1.16. The van der Waals surface area contributed by atoms with E-state index in [2.05, 4.69) is 50.3 Å². The van der Waals surface area contributed by atoms with Crippen LogP contribution in [0.15, 0.2) is 60.8 Å². The number of aliphatic hydroxyl groups excluding tert-OH is 2. The van der Waals surface area contributed by atoms with Crippen LogP contribution in [0.2, 0.25) is 0 Å². The fourth-order valence-electron chi connectivity index (χ4n) is 4.48. The first-order valence-corrected chi connectivity index (χ1v) is 19.7. The lowest BCUT2D eigenvalue weighted by Crippen LogP contribution is -2.28. The Labute approximate surface area is 296 Å². The number of phosphoric acid groups is 1. The predicted molar refractivity (Wildman–Crippen MR) is 196 cm³/mol. The molecule has 0 amide bonds. The number of hydrogen-bond donors (Lipinski definition) is 3. The van der Waals surface area contributed by atoms with Crippen molar-refractivity contribution in [2.45, 2.75) is 142 Å². The Bertz CT molecular complexity index is 1000. The van der Waals surface area contributed by atoms with Gasteiger partial charge in [0.1, 0.15) is 12.2 Å². The summed E-state index contributed by atoms with van der Waals surface area (Å²) in [4.78, 5) is 34.2. The summed E-state index contributed by atoms with van der Waals surface area (Å²) in [7, 11) is -4.65. The molecule has 11 heteroatoms. The molecule has 0 rings (SSSR count). The lowest BCUT2D eigenvalue weighted by molar-refractivity contribution is -0.153. The minimum Gasteiger partial charge on any atom is -0.457 e. The molecule has 0 aromatic carbocycles. The lowest BCUT2D eigenvalue weighted by Gasteiger charge is -2.20. The largest absolute Gasteiger partial charge is 0.472 e. The minimum atomic E-state index is -4.65. The topological polar surface area (TPSA) is 149 Å². The molecule has 49 heavy (non-hydrogen) atoms. The van der Waals surface area contributed by atoms with Crippen LogP contribution < -0.4 is 0 Å². The Morgan fingerprint density at radius 1 is 0.571 bits per heavy atom. The zero-order chi connectivity index (χ0) is 36.3. The molecule has 3 N–H and O–H groups in total. The molecule has 3 unspecified atom stereocenters. The van der Waals surface area contributed by atoms with E-state index in [-0.39, 0.29) is 12.8 Å². The summed E-state index contributed by atoms with van der Waals surface area (Å²) in [5.41, 5.74) is 0. The Hall–Kier alpha value is -2.33. The summed E-state index contributed by atoms with van der Waals surface area (Å²) >= 11 is 0. The zero-order valence-electron chi connectivity index (χ0n) is 30.1. The number of hydrogen-bond acceptors (Lipinski definition) is 9. The van der Waals surface area contributed by atoms with Crippen molar-refractivity contribution in [3.63, 3.8) is 0 Å². The van der Waals surface area contributed by atoms with Gasteiger partial charge in [-0.05, 0) is 38.5 Å². The van der Waals surface area contributed by atoms with Crippen LogP contribution in [-0.2, 0) is 32.7 Å². The third-order valence-corrected chi connectivity index (χ3v) is 8.23. The van der Waals surface area contributed by atoms with Crippen LogP contribution in [0.1, 0.15) is 129 Å². The van der Waals surface area contributed by atoms with Gasteiger partial charge in [-0.25, -0.2) is 4.57 Å². The van der Waals surface area contributed by atoms with Crippen molar-refractivity contribution in [3.05, 3.63) is 60.8 Å². The molecule has 0 aliphatic rings. The molecule has 0 aromatic rings. The van der Waals surface area contributed by atoms with Crippen molar-refractivity contribution in [1.82, 2.24) is 0 Å². The quantitative estimate of drug-likeness (QED) is 0.0261. The molecule has 10 nitrogen and oxygen atoms in total. The maximum Gasteiger partial charge on any atom is 0.472 e. The van der Waals surface area contributed by atoms with Crippen LogP contribution in [-0.4, -0.2) is 65.7 Å². The number of unbranched alkanes of at least 4 members (excludes halogenated alkanes) is 10. The summed E-state index contributed by atoms with van der Waals surface area (Å²) in [6.45, 7) is 1.94. The zero-order valence-corrected chi connectivity index (χ0v) is 31.0. The van der Waals surface area contributed by atoms with Crippen molar-refractivity contribution in [1.29, 1.82) is 0 Å². The number of carbonyl (C=O) groups excluding carboxylic acids is 2. The van der Waals surface area contributed by atoms with E-state index in [1.165, 1.54) is 44.9 Å². The number of ether oxygens (including phenoxy) is 2. The summed E-state index contributed by atoms with van der Waals surface area (Å²) < 4.78 is 32.3. The van der Waals surface area contributed by atoms with Crippen molar-refractivity contribution in [2.75, 3.05) is 26.4 Å². The van der Waals surface area contributed by atoms with Crippen LogP contribution in [0.5, 0.6) is 0 Å². The number of rotatable bonds is 33. The molecule has 0 radical (unpaired) electrons. The van der Waals surface area contributed by atoms with Gasteiger partial charge < -0.3 is 24.6 Å². The monoisotopic (exact) mass is 712 g/mol. The van der Waals surface area contributed by atoms with E-state index in [0.717, 1.165) is 44.9 Å². The first-order valence-electron chi connectivity index (χ1n) is 18.2. The maximum absolute atomic E-state index is 12.3. The molecule has 0 bridgehead atoms. The number of aliphatic hydroxyl groups is 2. The second-order valence-electron chi connectivity index (χ2n) is 11.8. The van der Waals surface area contributed by atoms with Crippen molar-refractivity contribution >= 4 is 19.8 Å². The Morgan fingerprint density at radius 3 is 1.39 bits per heavy atom. The van der Waals surface area contributed by atoms with Gasteiger partial charge >= 0.3 is 19.8 Å². The maximum atomic E-state index is 12.3. The third kappa shape index (κ3) is 32.6. The average Bonchev–Trinajstić information content (AvgIpc) is 3.09. The SMILES string of the molecule is CC/C=C\C/C=C\C/C=C\C/C=C\C/C=C\CC(=O)OC(CO)COP(=O)(O)OCC(CO)OC(=O)CCCCCCCCCCCCC. The van der Waals surface area contributed by atoms with Crippen molar-refractivity contribution in [3.8, 4) is 0 Å². The van der Waals surface area contributed by atoms with Gasteiger partial charge in [-0.1, -0.05) is 139 Å². The number of allylic oxidation sites excluding steroid dienone is 9. The fraction of sp³-hybridized carbons (Fsp3) is 0.684. The van der Waals surface area contributed by atoms with Gasteiger partial charge in [0.15, 0.2) is 0 Å². The minimum absolute atomic E-state index is 0.0416. The number of carbonyl (C=O) groups is 2. The molecule has 0 aliphatic carbocycles. The molecule has 0 heterocycles. The van der Waals surface area contributed by atoms with Gasteiger partial charge in [-0.2, -0.15) is 0 Å². The fourth-order valence-corrected chi connectivity index (χ4v) is 5.27. The van der Waals surface area contributed by atoms with Crippen LogP contribution in [0.25, 0.3) is 0 Å². The highest BCUT2D eigenvalue weighted by Gasteiger charge is 2.27. The van der Waals surface area contributed by atoms with E-state index in [0.29, 0.717) is 12.8 Å². The molecule has 0 spiro atoms. The Kier molecular flexibility index (Phi) is 32.5. The molecular formula is C38H65O10P. The van der Waals surface area contributed by atoms with Crippen LogP contribution in [0, 0.1) is 0 Å². The Balaban J connectivity index is 4.14. The number of esters is 2. The first-order chi connectivity index (χ1) is 23.8. The number of phosphoric ester groups is 1. The van der Waals surface area contributed by atoms with E-state index in [9.17, 15) is 29.3 Å². The molecule has 0 saturated heterocycles. The second-order valence-corrected chi connectivity index (χ2v) is 13.3. The van der Waals surface area contributed by atoms with Crippen LogP contribution in [0.3, 0.4) is 0 Å². The van der Waals surface area contributed by atoms with E-state index in [4.69, 9.17) is 18.5 Å². The summed E-state index contributed by atoms with van der Waals surface area (Å²) in [5, 5.41) is 19.0. The summed E-state index contributed by atoms with van der Waals surface area (Å²) in [6, 6.07) is 0. The predicted octanol–water partition coefficient (Wildman–Crippen LogP) is 8.77. The molecular weight excluding hydrogens is 647 g/mol. The van der Waals surface area contributed by atoms with Gasteiger partial charge in [0, 0.05) is 6.42 Å². The normalized spacial score (nSPS) is 14.8. The van der Waals surface area contributed by atoms with E-state index < -0.39 is 58.4 Å². The van der Waals surface area contributed by atoms with Gasteiger partial charge in [0.05, 0.1) is 32.8 Å². The average molecular weight is 713 g/mol. The van der Waals surface area contributed by atoms with Crippen LogP contribution in [0.4, 0.5) is 0 Å². The molecule has 282 valence electrons. The van der Waals surface area contributed by atoms with E-state index in [1.54, 1.807) is 6.08 Å². The van der Waals surface area contributed by atoms with Crippen molar-refractivity contribution < 1.29 is 47.8 Å². The van der Waals surface area contributed by atoms with Gasteiger partial charge in [-0.3, -0.25) is 18.6 Å². The highest BCUT2D eigenvalue weighted by molar-refractivity contribution is 7.47. The highest BCUT2D eigenvalue weighted by atomic mass is 31.2. The standard InChI is InChI=1S/C38H65O10P/c1-3-5-7-9-11-13-15-16-17-18-20-22-24-26-28-30-38(42)48-36(32-40)34-46-49(43,44)45-33-35(31-39)47-37(41)29-27-25-23-21-19-14-12-10-8-6-4-2/h5,7,11,13,16-17,20,22,26,28,35-36,39-40H,3-4,6,8-10,12,14-15,18-19,21,23-25,27,29-34H2,1-2H3,(H,43,44)/b7-5-,13-11-,17-16-,22-20-,28-26-. The first kappa shape index (κ1) is 46.7. The molecule has 0 saturated carbocycles. The second kappa shape index (κ2) is 34.1.